The molecule has 1 aliphatic rings. The van der Waals surface area contributed by atoms with Crippen LogP contribution in [0.4, 0.5) is 13.2 Å². The Morgan fingerprint density at radius 2 is 1.81 bits per heavy atom. The first-order chi connectivity index (χ1) is 11.8. The van der Waals surface area contributed by atoms with E-state index in [2.05, 4.69) is 44.7 Å². The van der Waals surface area contributed by atoms with Gasteiger partial charge in [0.1, 0.15) is 0 Å². The van der Waals surface area contributed by atoms with Crippen LogP contribution in [0.1, 0.15) is 56.7 Å². The van der Waals surface area contributed by atoms with Crippen LogP contribution in [-0.2, 0) is 12.6 Å². The maximum absolute atomic E-state index is 13.2. The topological polar surface area (TPSA) is 6.48 Å². The van der Waals surface area contributed by atoms with Crippen LogP contribution in [0.2, 0.25) is 0 Å². The van der Waals surface area contributed by atoms with E-state index in [1.807, 2.05) is 6.07 Å². The van der Waals surface area contributed by atoms with Crippen LogP contribution >= 0.6 is 0 Å². The second-order valence-corrected chi connectivity index (χ2v) is 8.96. The number of piperidine rings is 1. The van der Waals surface area contributed by atoms with E-state index in [1.54, 1.807) is 6.07 Å². The average molecular weight is 371 g/mol. The molecule has 2 rings (SSSR count). The van der Waals surface area contributed by atoms with Gasteiger partial charge in [0.25, 0.3) is 0 Å². The van der Waals surface area contributed by atoms with Gasteiger partial charge in [-0.05, 0) is 91.2 Å². The summed E-state index contributed by atoms with van der Waals surface area (Å²) in [6.45, 7) is 10.3. The molecule has 1 aromatic rings. The summed E-state index contributed by atoms with van der Waals surface area (Å²) in [7, 11) is 4.20. The van der Waals surface area contributed by atoms with Crippen LogP contribution < -0.4 is 0 Å². The molecule has 0 unspecified atom stereocenters. The molecule has 0 aliphatic carbocycles. The fraction of sp³-hybridized carbons (Fsp3) is 0.714. The lowest BCUT2D eigenvalue weighted by Gasteiger charge is -2.51. The van der Waals surface area contributed by atoms with Crippen molar-refractivity contribution in [2.45, 2.75) is 70.6 Å². The summed E-state index contributed by atoms with van der Waals surface area (Å²) >= 11 is 0. The monoisotopic (exact) mass is 370 g/mol. The Morgan fingerprint density at radius 1 is 1.15 bits per heavy atom. The maximum Gasteiger partial charge on any atom is 0.416 e. The van der Waals surface area contributed by atoms with E-state index < -0.39 is 11.7 Å². The van der Waals surface area contributed by atoms with E-state index in [-0.39, 0.29) is 11.1 Å². The number of aryl methyl sites for hydroxylation is 2. The summed E-state index contributed by atoms with van der Waals surface area (Å²) in [5.74, 6) is 0. The van der Waals surface area contributed by atoms with Crippen molar-refractivity contribution in [2.75, 3.05) is 27.2 Å². The number of rotatable bonds is 4. The van der Waals surface area contributed by atoms with Gasteiger partial charge < -0.3 is 4.90 Å². The van der Waals surface area contributed by atoms with Crippen LogP contribution in [0, 0.1) is 6.92 Å². The number of halogens is 3. The first-order valence-corrected chi connectivity index (χ1v) is 9.44. The first kappa shape index (κ1) is 21.2. The number of hydrogen-bond donors (Lipinski definition) is 0. The van der Waals surface area contributed by atoms with Gasteiger partial charge >= 0.3 is 6.18 Å². The highest BCUT2D eigenvalue weighted by Crippen LogP contribution is 2.35. The fourth-order valence-corrected chi connectivity index (χ4v) is 3.98. The van der Waals surface area contributed by atoms with E-state index >= 15 is 0 Å². The zero-order chi connectivity index (χ0) is 19.8. The molecule has 1 heterocycles. The molecule has 0 bridgehead atoms. The third-order valence-corrected chi connectivity index (χ3v) is 5.94. The van der Waals surface area contributed by atoms with Gasteiger partial charge in [0.2, 0.25) is 0 Å². The summed E-state index contributed by atoms with van der Waals surface area (Å²) < 4.78 is 39.6. The van der Waals surface area contributed by atoms with Crippen molar-refractivity contribution in [1.29, 1.82) is 0 Å². The van der Waals surface area contributed by atoms with Gasteiger partial charge in [-0.3, -0.25) is 4.90 Å². The van der Waals surface area contributed by atoms with Crippen LogP contribution in [0.5, 0.6) is 0 Å². The van der Waals surface area contributed by atoms with Crippen molar-refractivity contribution in [3.8, 4) is 0 Å². The van der Waals surface area contributed by atoms with E-state index in [1.165, 1.54) is 13.0 Å². The van der Waals surface area contributed by atoms with Crippen LogP contribution in [-0.4, -0.2) is 48.1 Å². The molecule has 148 valence electrons. The minimum absolute atomic E-state index is 0.00874. The molecule has 1 atom stereocenters. The Labute approximate surface area is 156 Å². The molecule has 1 saturated heterocycles. The minimum Gasteiger partial charge on any atom is -0.302 e. The highest BCUT2D eigenvalue weighted by Gasteiger charge is 2.40. The third kappa shape index (κ3) is 4.80. The molecule has 26 heavy (non-hydrogen) atoms. The van der Waals surface area contributed by atoms with Crippen molar-refractivity contribution in [3.05, 3.63) is 34.9 Å². The summed E-state index contributed by atoms with van der Waals surface area (Å²) in [6, 6.07) is 4.78. The van der Waals surface area contributed by atoms with E-state index in [0.717, 1.165) is 37.9 Å². The maximum atomic E-state index is 13.2. The normalized spacial score (nSPS) is 22.8. The number of likely N-dealkylation sites (N-methyl/N-ethyl adjacent to an activating group) is 1. The molecule has 0 amide bonds. The standard InChI is InChI=1S/C21H33F3N2/c1-16-8-9-17(14-18(16)21(22,23)24)10-12-20(25(5)6)11-7-13-26(15-20)19(2,3)4/h8-9,14H,7,10-13,15H2,1-6H3/t20-/m0/s1. The van der Waals surface area contributed by atoms with Crippen molar-refractivity contribution in [2.24, 2.45) is 0 Å². The number of hydrogen-bond acceptors (Lipinski definition) is 2. The van der Waals surface area contributed by atoms with Gasteiger partial charge in [-0.25, -0.2) is 0 Å². The van der Waals surface area contributed by atoms with Crippen LogP contribution in [0.3, 0.4) is 0 Å². The Kier molecular flexibility index (Phi) is 6.13. The molecular weight excluding hydrogens is 337 g/mol. The van der Waals surface area contributed by atoms with Crippen molar-refractivity contribution in [1.82, 2.24) is 9.80 Å². The van der Waals surface area contributed by atoms with Gasteiger partial charge in [0, 0.05) is 17.6 Å². The van der Waals surface area contributed by atoms with E-state index in [0.29, 0.717) is 12.0 Å². The molecule has 0 radical (unpaired) electrons. The Balaban J connectivity index is 2.19. The summed E-state index contributed by atoms with van der Waals surface area (Å²) in [5, 5.41) is 0. The van der Waals surface area contributed by atoms with E-state index in [9.17, 15) is 13.2 Å². The van der Waals surface area contributed by atoms with Crippen molar-refractivity contribution < 1.29 is 13.2 Å². The summed E-state index contributed by atoms with van der Waals surface area (Å²) in [4.78, 5) is 4.79. The van der Waals surface area contributed by atoms with Gasteiger partial charge in [-0.2, -0.15) is 13.2 Å². The lowest BCUT2D eigenvalue weighted by molar-refractivity contribution is -0.138. The van der Waals surface area contributed by atoms with Gasteiger partial charge in [0.05, 0.1) is 5.56 Å². The second-order valence-electron chi connectivity index (χ2n) is 8.96. The number of benzene rings is 1. The molecule has 1 fully saturated rings. The quantitative estimate of drug-likeness (QED) is 0.724. The molecular formula is C21H33F3N2. The van der Waals surface area contributed by atoms with Gasteiger partial charge in [-0.15, -0.1) is 0 Å². The second kappa shape index (κ2) is 7.51. The van der Waals surface area contributed by atoms with Crippen LogP contribution in [0.15, 0.2) is 18.2 Å². The number of alkyl halides is 3. The van der Waals surface area contributed by atoms with Crippen molar-refractivity contribution in [3.63, 3.8) is 0 Å². The highest BCUT2D eigenvalue weighted by molar-refractivity contribution is 5.33. The molecule has 1 aliphatic heterocycles. The number of likely N-dealkylation sites (tertiary alicyclic amines) is 1. The lowest BCUT2D eigenvalue weighted by Crippen LogP contribution is -2.60. The van der Waals surface area contributed by atoms with Gasteiger partial charge in [0.15, 0.2) is 0 Å². The minimum atomic E-state index is -4.28. The van der Waals surface area contributed by atoms with Crippen LogP contribution in [0.25, 0.3) is 0 Å². The molecule has 0 saturated carbocycles. The highest BCUT2D eigenvalue weighted by atomic mass is 19.4. The SMILES string of the molecule is Cc1ccc(CC[C@@]2(N(C)C)CCCN(C(C)(C)C)C2)cc1C(F)(F)F. The lowest BCUT2D eigenvalue weighted by atomic mass is 9.80. The molecule has 0 aromatic heterocycles. The molecule has 2 nitrogen and oxygen atoms in total. The van der Waals surface area contributed by atoms with Crippen molar-refractivity contribution >= 4 is 0 Å². The summed E-state index contributed by atoms with van der Waals surface area (Å²) in [5.41, 5.74) is 0.676. The fourth-order valence-electron chi connectivity index (χ4n) is 3.98. The Morgan fingerprint density at radius 3 is 2.35 bits per heavy atom. The zero-order valence-electron chi connectivity index (χ0n) is 17.0. The first-order valence-electron chi connectivity index (χ1n) is 9.44. The van der Waals surface area contributed by atoms with E-state index in [4.69, 9.17) is 0 Å². The molecule has 1 aromatic carbocycles. The molecule has 5 heteroatoms. The smallest absolute Gasteiger partial charge is 0.302 e. The molecule has 0 spiro atoms. The molecule has 0 N–H and O–H groups in total. The predicted molar refractivity (Wildman–Crippen MR) is 101 cm³/mol. The Bertz CT molecular complexity index is 617. The predicted octanol–water partition coefficient (Wildman–Crippen LogP) is 5.14. The zero-order valence-corrected chi connectivity index (χ0v) is 17.0. The van der Waals surface area contributed by atoms with Gasteiger partial charge in [-0.1, -0.05) is 12.1 Å². The third-order valence-electron chi connectivity index (χ3n) is 5.94. The largest absolute Gasteiger partial charge is 0.416 e. The number of nitrogens with zero attached hydrogens (tertiary/aromatic N) is 2. The average Bonchev–Trinajstić information content (AvgIpc) is 2.52. The summed E-state index contributed by atoms with van der Waals surface area (Å²) in [6.07, 6.45) is -0.540. The Hall–Kier alpha value is -1.07.